The Balaban J connectivity index is 1.47. The van der Waals surface area contributed by atoms with E-state index in [9.17, 15) is 10.2 Å². The monoisotopic (exact) mass is 467 g/mol. The van der Waals surface area contributed by atoms with Crippen molar-refractivity contribution in [2.75, 3.05) is 20.2 Å². The largest absolute Gasteiger partial charge is 0.504 e. The third-order valence-electron chi connectivity index (χ3n) is 11.9. The van der Waals surface area contributed by atoms with Crippen LogP contribution in [0.15, 0.2) is 12.1 Å². The lowest BCUT2D eigenvalue weighted by molar-refractivity contribution is -0.312. The number of phenols is 1. The van der Waals surface area contributed by atoms with Crippen LogP contribution >= 0.6 is 0 Å². The van der Waals surface area contributed by atoms with Crippen molar-refractivity contribution in [2.45, 2.75) is 101 Å². The van der Waals surface area contributed by atoms with E-state index in [-0.39, 0.29) is 34.0 Å². The molecule has 186 valence electrons. The van der Waals surface area contributed by atoms with Crippen LogP contribution in [0.2, 0.25) is 0 Å². The number of aromatic hydroxyl groups is 1. The van der Waals surface area contributed by atoms with Crippen molar-refractivity contribution in [3.05, 3.63) is 23.3 Å². The van der Waals surface area contributed by atoms with Gasteiger partial charge in [0.05, 0.1) is 5.60 Å². The van der Waals surface area contributed by atoms with Gasteiger partial charge in [0.1, 0.15) is 11.7 Å². The predicted octanol–water partition coefficient (Wildman–Crippen LogP) is 4.41. The van der Waals surface area contributed by atoms with Crippen LogP contribution in [0, 0.1) is 22.7 Å². The van der Waals surface area contributed by atoms with Gasteiger partial charge in [0, 0.05) is 42.0 Å². The molecular formula is C29H41NO4. The first kappa shape index (κ1) is 21.9. The summed E-state index contributed by atoms with van der Waals surface area (Å²) in [5.74, 6) is 1.80. The van der Waals surface area contributed by atoms with Gasteiger partial charge in [-0.05, 0) is 81.4 Å². The summed E-state index contributed by atoms with van der Waals surface area (Å²) in [7, 11) is 1.83. The predicted molar refractivity (Wildman–Crippen MR) is 130 cm³/mol. The molecule has 1 aromatic rings. The highest BCUT2D eigenvalue weighted by molar-refractivity contribution is 5.63. The van der Waals surface area contributed by atoms with Crippen LogP contribution in [0.4, 0.5) is 0 Å². The summed E-state index contributed by atoms with van der Waals surface area (Å²) in [4.78, 5) is 2.82. The van der Waals surface area contributed by atoms with E-state index in [0.29, 0.717) is 11.8 Å². The average Bonchev–Trinajstić information content (AvgIpc) is 3.53. The summed E-state index contributed by atoms with van der Waals surface area (Å²) < 4.78 is 13.5. The molecule has 7 aliphatic rings. The first-order chi connectivity index (χ1) is 16.0. The molecule has 0 aromatic heterocycles. The van der Waals surface area contributed by atoms with E-state index in [2.05, 4.69) is 31.7 Å². The number of rotatable bonds is 4. The van der Waals surface area contributed by atoms with Crippen molar-refractivity contribution in [1.29, 1.82) is 0 Å². The van der Waals surface area contributed by atoms with E-state index in [1.165, 1.54) is 30.5 Å². The number of aliphatic hydroxyl groups is 1. The van der Waals surface area contributed by atoms with Gasteiger partial charge in [-0.3, -0.25) is 4.90 Å². The molecule has 7 atom stereocenters. The number of hydrogen-bond acceptors (Lipinski definition) is 5. The second kappa shape index (κ2) is 6.33. The molecule has 2 aliphatic heterocycles. The summed E-state index contributed by atoms with van der Waals surface area (Å²) in [6, 6.07) is 4.46. The molecule has 5 fully saturated rings. The standard InChI is InChI=1S/C29H41NO4/c1-25(2,3)26(4,32)20-15-27-10-11-29(20,33-5)24-28(27)12-13-30(16-17-6-7-17)21(27)14-18-8-9-19(31)23(34-24)22(18)28/h8-9,17,20-21,24,31-32H,6-7,10-16H2,1-5H3/t20?,21-,24-,26?,27?,28+,29+/m1/s1. The zero-order valence-corrected chi connectivity index (χ0v) is 21.5. The highest BCUT2D eigenvalue weighted by Gasteiger charge is 2.82. The van der Waals surface area contributed by atoms with Crippen LogP contribution in [-0.2, 0) is 16.6 Å². The maximum atomic E-state index is 12.2. The van der Waals surface area contributed by atoms with E-state index < -0.39 is 11.2 Å². The first-order valence-electron chi connectivity index (χ1n) is 13.6. The summed E-state index contributed by atoms with van der Waals surface area (Å²) in [6.07, 6.45) is 7.64. The summed E-state index contributed by atoms with van der Waals surface area (Å²) in [6.45, 7) is 10.8. The van der Waals surface area contributed by atoms with Crippen molar-refractivity contribution < 1.29 is 19.7 Å². The number of phenolic OH excluding ortho intramolecular Hbond substituents is 1. The van der Waals surface area contributed by atoms with Crippen molar-refractivity contribution in [3.8, 4) is 11.5 Å². The topological polar surface area (TPSA) is 62.2 Å². The number of fused-ring (bicyclic) bond motifs is 2. The van der Waals surface area contributed by atoms with Crippen LogP contribution in [0.3, 0.4) is 0 Å². The second-order valence-corrected chi connectivity index (χ2v) is 13.8. The third kappa shape index (κ3) is 2.25. The molecule has 1 saturated heterocycles. The summed E-state index contributed by atoms with van der Waals surface area (Å²) in [5, 5.41) is 23.2. The quantitative estimate of drug-likeness (QED) is 0.687. The molecular weight excluding hydrogens is 426 g/mol. The molecule has 0 radical (unpaired) electrons. The molecule has 0 amide bonds. The smallest absolute Gasteiger partial charge is 0.165 e. The first-order valence-corrected chi connectivity index (χ1v) is 13.6. The molecule has 3 unspecified atom stereocenters. The highest BCUT2D eigenvalue weighted by Crippen LogP contribution is 2.78. The Labute approximate surface area is 203 Å². The molecule has 2 heterocycles. The molecule has 8 rings (SSSR count). The van der Waals surface area contributed by atoms with Gasteiger partial charge < -0.3 is 19.7 Å². The third-order valence-corrected chi connectivity index (χ3v) is 11.9. The fourth-order valence-corrected chi connectivity index (χ4v) is 9.58. The zero-order chi connectivity index (χ0) is 23.9. The number of methoxy groups -OCH3 is 1. The minimum absolute atomic E-state index is 0.0294. The maximum absolute atomic E-state index is 12.2. The van der Waals surface area contributed by atoms with Gasteiger partial charge in [-0.1, -0.05) is 26.8 Å². The molecule has 2 N–H and O–H groups in total. The second-order valence-electron chi connectivity index (χ2n) is 13.8. The van der Waals surface area contributed by atoms with Crippen LogP contribution in [0.1, 0.15) is 77.3 Å². The Bertz CT molecular complexity index is 1060. The van der Waals surface area contributed by atoms with Crippen LogP contribution in [-0.4, -0.2) is 58.7 Å². The normalized spacial score (nSPS) is 43.9. The maximum Gasteiger partial charge on any atom is 0.165 e. The van der Waals surface area contributed by atoms with Gasteiger partial charge >= 0.3 is 0 Å². The lowest BCUT2D eigenvalue weighted by atomic mass is 9.33. The van der Waals surface area contributed by atoms with Crippen molar-refractivity contribution >= 4 is 0 Å². The van der Waals surface area contributed by atoms with Crippen molar-refractivity contribution in [2.24, 2.45) is 22.7 Å². The number of likely N-dealkylation sites (tertiary alicyclic amines) is 1. The lowest BCUT2D eigenvalue weighted by Gasteiger charge is -2.75. The Morgan fingerprint density at radius 2 is 1.91 bits per heavy atom. The summed E-state index contributed by atoms with van der Waals surface area (Å²) >= 11 is 0. The Morgan fingerprint density at radius 3 is 2.59 bits per heavy atom. The Kier molecular flexibility index (Phi) is 4.08. The van der Waals surface area contributed by atoms with Crippen molar-refractivity contribution in [3.63, 3.8) is 0 Å². The van der Waals surface area contributed by atoms with Gasteiger partial charge in [0.2, 0.25) is 0 Å². The van der Waals surface area contributed by atoms with E-state index in [1.807, 2.05) is 20.1 Å². The molecule has 1 aromatic carbocycles. The molecule has 34 heavy (non-hydrogen) atoms. The van der Waals surface area contributed by atoms with E-state index >= 15 is 0 Å². The molecule has 4 bridgehead atoms. The minimum atomic E-state index is -0.909. The molecule has 2 spiro atoms. The fraction of sp³-hybridized carbons (Fsp3) is 0.793. The van der Waals surface area contributed by atoms with E-state index in [1.54, 1.807) is 0 Å². The minimum Gasteiger partial charge on any atom is -0.504 e. The van der Waals surface area contributed by atoms with Gasteiger partial charge in [0.25, 0.3) is 0 Å². The molecule has 5 heteroatoms. The van der Waals surface area contributed by atoms with Crippen LogP contribution in [0.5, 0.6) is 11.5 Å². The van der Waals surface area contributed by atoms with Gasteiger partial charge in [-0.15, -0.1) is 0 Å². The van der Waals surface area contributed by atoms with E-state index in [4.69, 9.17) is 9.47 Å². The zero-order valence-electron chi connectivity index (χ0n) is 21.5. The number of piperidine rings is 1. The van der Waals surface area contributed by atoms with Crippen LogP contribution < -0.4 is 4.74 Å². The average molecular weight is 468 g/mol. The lowest BCUT2D eigenvalue weighted by Crippen LogP contribution is -2.83. The number of hydrogen-bond donors (Lipinski definition) is 2. The molecule has 5 nitrogen and oxygen atoms in total. The fourth-order valence-electron chi connectivity index (χ4n) is 9.58. The number of nitrogens with zero attached hydrogens (tertiary/aromatic N) is 1. The highest BCUT2D eigenvalue weighted by atomic mass is 16.6. The van der Waals surface area contributed by atoms with Crippen LogP contribution in [0.25, 0.3) is 0 Å². The Hall–Kier alpha value is -1.30. The molecule has 5 aliphatic carbocycles. The SMILES string of the molecule is CO[C@@]12CCC3(CC1C(C)(O)C(C)(C)C)[C@H]1Cc4ccc(O)c5c4[C@@]3(CCN1CC1CC1)[C@H]2O5. The van der Waals surface area contributed by atoms with Gasteiger partial charge in [-0.25, -0.2) is 0 Å². The number of benzene rings is 1. The van der Waals surface area contributed by atoms with Gasteiger partial charge in [0.15, 0.2) is 11.5 Å². The number of ether oxygens (including phenoxy) is 2. The molecule has 4 saturated carbocycles. The van der Waals surface area contributed by atoms with E-state index in [0.717, 1.165) is 44.6 Å². The summed E-state index contributed by atoms with van der Waals surface area (Å²) in [5.41, 5.74) is 0.783. The van der Waals surface area contributed by atoms with Crippen molar-refractivity contribution in [1.82, 2.24) is 4.90 Å². The van der Waals surface area contributed by atoms with Gasteiger partial charge in [-0.2, -0.15) is 0 Å². The Morgan fingerprint density at radius 1 is 1.15 bits per heavy atom.